The summed E-state index contributed by atoms with van der Waals surface area (Å²) in [7, 11) is 1.15. The number of amides is 1. The second-order valence-corrected chi connectivity index (χ2v) is 2.81. The largest absolute Gasteiger partial charge is 0.462 e. The Bertz CT molecular complexity index is 210. The third-order valence-corrected chi connectivity index (χ3v) is 1.72. The smallest absolute Gasteiger partial charge is 0.396 e. The van der Waals surface area contributed by atoms with Gasteiger partial charge in [-0.1, -0.05) is 0 Å². The minimum absolute atomic E-state index is 0.288. The Morgan fingerprint density at radius 3 is 2.36 bits per heavy atom. The number of carbonyl (C=O) groups is 2. The van der Waals surface area contributed by atoms with Gasteiger partial charge in [-0.15, -0.1) is 0 Å². The van der Waals surface area contributed by atoms with Crippen LogP contribution < -0.4 is 5.32 Å². The lowest BCUT2D eigenvalue weighted by Crippen LogP contribution is -2.44. The van der Waals surface area contributed by atoms with Crippen LogP contribution in [-0.2, 0) is 23.8 Å². The summed E-state index contributed by atoms with van der Waals surface area (Å²) >= 11 is 0. The van der Waals surface area contributed by atoms with Gasteiger partial charge in [-0.25, -0.2) is 4.79 Å². The monoisotopic (exact) mass is 203 g/mol. The molecule has 0 aromatic rings. The number of ether oxygens (including phenoxy) is 3. The van der Waals surface area contributed by atoms with Crippen LogP contribution in [0.15, 0.2) is 0 Å². The summed E-state index contributed by atoms with van der Waals surface area (Å²) in [4.78, 5) is 21.8. The molecule has 0 radical (unpaired) electrons. The van der Waals surface area contributed by atoms with E-state index in [0.29, 0.717) is 26.4 Å². The first-order valence-corrected chi connectivity index (χ1v) is 4.28. The van der Waals surface area contributed by atoms with Crippen molar-refractivity contribution in [2.45, 2.75) is 6.04 Å². The summed E-state index contributed by atoms with van der Waals surface area (Å²) < 4.78 is 14.5. The standard InChI is InChI=1S/C8H13NO5/c1-12-8(11)7(10)9-6-4-13-2-3-14-5-6/h6H,2-5H2,1H3,(H,9,10). The number of esters is 1. The molecule has 0 aromatic heterocycles. The second-order valence-electron chi connectivity index (χ2n) is 2.81. The highest BCUT2D eigenvalue weighted by Crippen LogP contribution is 1.94. The van der Waals surface area contributed by atoms with E-state index in [4.69, 9.17) is 9.47 Å². The summed E-state index contributed by atoms with van der Waals surface area (Å²) in [5.74, 6) is -1.68. The number of nitrogens with one attached hydrogen (secondary N) is 1. The van der Waals surface area contributed by atoms with Crippen molar-refractivity contribution in [3.63, 3.8) is 0 Å². The topological polar surface area (TPSA) is 73.9 Å². The van der Waals surface area contributed by atoms with Crippen LogP contribution in [0.4, 0.5) is 0 Å². The number of hydrogen-bond donors (Lipinski definition) is 1. The molecule has 1 aliphatic rings. The number of hydrogen-bond acceptors (Lipinski definition) is 5. The molecule has 1 saturated heterocycles. The molecule has 1 heterocycles. The van der Waals surface area contributed by atoms with Crippen LogP contribution in [0.25, 0.3) is 0 Å². The molecule has 0 aromatic carbocycles. The summed E-state index contributed by atoms with van der Waals surface area (Å²) in [6.07, 6.45) is 0. The van der Waals surface area contributed by atoms with Gasteiger partial charge in [0.15, 0.2) is 0 Å². The Balaban J connectivity index is 2.34. The first-order chi connectivity index (χ1) is 6.74. The fourth-order valence-electron chi connectivity index (χ4n) is 1.04. The van der Waals surface area contributed by atoms with Crippen LogP contribution in [0.5, 0.6) is 0 Å². The van der Waals surface area contributed by atoms with Gasteiger partial charge in [-0.3, -0.25) is 4.79 Å². The predicted molar refractivity (Wildman–Crippen MR) is 45.6 cm³/mol. The van der Waals surface area contributed by atoms with Gasteiger partial charge in [0.1, 0.15) is 0 Å². The fourth-order valence-corrected chi connectivity index (χ4v) is 1.04. The molecule has 0 spiro atoms. The van der Waals surface area contributed by atoms with Crippen LogP contribution in [0.2, 0.25) is 0 Å². The van der Waals surface area contributed by atoms with E-state index < -0.39 is 11.9 Å². The Morgan fingerprint density at radius 1 is 1.29 bits per heavy atom. The lowest BCUT2D eigenvalue weighted by molar-refractivity contribution is -0.153. The second kappa shape index (κ2) is 5.56. The van der Waals surface area contributed by atoms with Crippen molar-refractivity contribution in [3.8, 4) is 0 Å². The van der Waals surface area contributed by atoms with Gasteiger partial charge in [-0.05, 0) is 0 Å². The van der Waals surface area contributed by atoms with Crippen LogP contribution in [0.3, 0.4) is 0 Å². The van der Waals surface area contributed by atoms with Gasteiger partial charge in [0.05, 0.1) is 39.6 Å². The quantitative estimate of drug-likeness (QED) is 0.423. The molecule has 1 rings (SSSR count). The van der Waals surface area contributed by atoms with Gasteiger partial charge in [0.25, 0.3) is 0 Å². The Morgan fingerprint density at radius 2 is 1.86 bits per heavy atom. The van der Waals surface area contributed by atoms with Crippen LogP contribution in [0, 0.1) is 0 Å². The molecule has 6 nitrogen and oxygen atoms in total. The molecule has 14 heavy (non-hydrogen) atoms. The third kappa shape index (κ3) is 3.31. The van der Waals surface area contributed by atoms with E-state index in [1.807, 2.05) is 0 Å². The third-order valence-electron chi connectivity index (χ3n) is 1.72. The molecule has 6 heteroatoms. The maximum Gasteiger partial charge on any atom is 0.396 e. The van der Waals surface area contributed by atoms with Crippen molar-refractivity contribution in [3.05, 3.63) is 0 Å². The molecule has 1 fully saturated rings. The molecule has 1 aliphatic heterocycles. The lowest BCUT2D eigenvalue weighted by atomic mass is 10.3. The zero-order valence-electron chi connectivity index (χ0n) is 7.95. The maximum absolute atomic E-state index is 11.1. The minimum Gasteiger partial charge on any atom is -0.462 e. The predicted octanol–water partition coefficient (Wildman–Crippen LogP) is -1.31. The minimum atomic E-state index is -0.908. The Labute approximate surface area is 81.5 Å². The molecule has 0 atom stereocenters. The summed E-state index contributed by atoms with van der Waals surface area (Å²) in [5.41, 5.74) is 0. The Kier molecular flexibility index (Phi) is 4.34. The SMILES string of the molecule is COC(=O)C(=O)NC1COCCOC1. The van der Waals surface area contributed by atoms with E-state index in [1.165, 1.54) is 0 Å². The van der Waals surface area contributed by atoms with Crippen LogP contribution >= 0.6 is 0 Å². The van der Waals surface area contributed by atoms with Crippen molar-refractivity contribution >= 4 is 11.9 Å². The van der Waals surface area contributed by atoms with E-state index in [-0.39, 0.29) is 6.04 Å². The fraction of sp³-hybridized carbons (Fsp3) is 0.750. The molecule has 0 saturated carbocycles. The molecule has 80 valence electrons. The van der Waals surface area contributed by atoms with E-state index in [0.717, 1.165) is 7.11 Å². The molecule has 1 N–H and O–H groups in total. The number of methoxy groups -OCH3 is 1. The molecular weight excluding hydrogens is 190 g/mol. The van der Waals surface area contributed by atoms with Crippen molar-refractivity contribution in [2.24, 2.45) is 0 Å². The van der Waals surface area contributed by atoms with Crippen LogP contribution in [0.1, 0.15) is 0 Å². The van der Waals surface area contributed by atoms with Crippen molar-refractivity contribution in [1.29, 1.82) is 0 Å². The van der Waals surface area contributed by atoms with E-state index in [1.54, 1.807) is 0 Å². The van der Waals surface area contributed by atoms with E-state index in [9.17, 15) is 9.59 Å². The first kappa shape index (κ1) is 10.9. The van der Waals surface area contributed by atoms with Gasteiger partial charge in [0, 0.05) is 0 Å². The van der Waals surface area contributed by atoms with Gasteiger partial charge < -0.3 is 19.5 Å². The molecule has 0 unspecified atom stereocenters. The van der Waals surface area contributed by atoms with Crippen LogP contribution in [-0.4, -0.2) is 51.5 Å². The van der Waals surface area contributed by atoms with Crippen molar-refractivity contribution in [2.75, 3.05) is 33.5 Å². The van der Waals surface area contributed by atoms with E-state index in [2.05, 4.69) is 10.1 Å². The molecule has 0 aliphatic carbocycles. The summed E-state index contributed by atoms with van der Waals surface area (Å²) in [6, 6.07) is -0.288. The average Bonchev–Trinajstić information content (AvgIpc) is 2.45. The maximum atomic E-state index is 11.1. The van der Waals surface area contributed by atoms with Gasteiger partial charge in [0.2, 0.25) is 0 Å². The zero-order chi connectivity index (χ0) is 10.4. The van der Waals surface area contributed by atoms with Gasteiger partial charge in [-0.2, -0.15) is 0 Å². The van der Waals surface area contributed by atoms with Crippen molar-refractivity contribution in [1.82, 2.24) is 5.32 Å². The average molecular weight is 203 g/mol. The first-order valence-electron chi connectivity index (χ1n) is 4.28. The highest BCUT2D eigenvalue weighted by atomic mass is 16.5. The lowest BCUT2D eigenvalue weighted by Gasteiger charge is -2.13. The summed E-state index contributed by atoms with van der Waals surface area (Å²) in [5, 5.41) is 2.45. The molecule has 0 bridgehead atoms. The highest BCUT2D eigenvalue weighted by Gasteiger charge is 2.20. The normalized spacial score (nSPS) is 18.4. The van der Waals surface area contributed by atoms with Crippen molar-refractivity contribution < 1.29 is 23.8 Å². The molecule has 1 amide bonds. The number of rotatable bonds is 1. The summed E-state index contributed by atoms with van der Waals surface area (Å²) in [6.45, 7) is 1.71. The highest BCUT2D eigenvalue weighted by molar-refractivity contribution is 6.32. The van der Waals surface area contributed by atoms with Gasteiger partial charge >= 0.3 is 11.9 Å². The zero-order valence-corrected chi connectivity index (χ0v) is 7.95. The Hall–Kier alpha value is -1.14. The van der Waals surface area contributed by atoms with E-state index >= 15 is 0 Å². The number of carbonyl (C=O) groups excluding carboxylic acids is 2. The molecular formula is C8H13NO5.